The average Bonchev–Trinajstić information content (AvgIpc) is 3.25. The molecule has 0 amide bonds. The molecule has 308 valence electrons. The van der Waals surface area contributed by atoms with Gasteiger partial charge in [-0.15, -0.1) is 0 Å². The van der Waals surface area contributed by atoms with Gasteiger partial charge < -0.3 is 28.7 Å². The molecular weight excluding hydrogens is 713 g/mol. The minimum Gasteiger partial charge on any atom is -0.493 e. The van der Waals surface area contributed by atoms with Gasteiger partial charge in [0.15, 0.2) is 23.0 Å². The summed E-state index contributed by atoms with van der Waals surface area (Å²) >= 11 is 0. The number of carbonyl (C=O) groups excluding carboxylic acids is 2. The van der Waals surface area contributed by atoms with Crippen molar-refractivity contribution in [2.24, 2.45) is 5.41 Å². The van der Waals surface area contributed by atoms with E-state index >= 15 is 0 Å². The van der Waals surface area contributed by atoms with E-state index in [1.165, 1.54) is 0 Å². The first-order valence-corrected chi connectivity index (χ1v) is 21.0. The summed E-state index contributed by atoms with van der Waals surface area (Å²) in [6.45, 7) is 15.9. The molecule has 4 aromatic rings. The minimum atomic E-state index is -1.25. The Hall–Kier alpha value is -4.66. The quantitative estimate of drug-likeness (QED) is 0.0418. The second-order valence-corrected chi connectivity index (χ2v) is 14.7. The number of Topliss-reactive ketones (excluding diaryl/α,β-unsaturated/α-hetero) is 2. The molecular formula is C49H66N2O6. The van der Waals surface area contributed by atoms with Gasteiger partial charge >= 0.3 is 0 Å². The summed E-state index contributed by atoms with van der Waals surface area (Å²) in [6.07, 6.45) is 3.88. The number of nitrogens with zero attached hydrogens (tertiary/aromatic N) is 2. The normalized spacial score (nSPS) is 11.5. The number of hydrogen-bond acceptors (Lipinski definition) is 8. The van der Waals surface area contributed by atoms with E-state index in [9.17, 15) is 9.59 Å². The van der Waals surface area contributed by atoms with Gasteiger partial charge in [0, 0.05) is 25.9 Å². The van der Waals surface area contributed by atoms with Crippen LogP contribution < -0.4 is 18.9 Å². The maximum atomic E-state index is 14.8. The number of benzene rings is 4. The van der Waals surface area contributed by atoms with Gasteiger partial charge in [-0.3, -0.25) is 9.59 Å². The molecule has 0 fully saturated rings. The number of methoxy groups -OCH3 is 2. The van der Waals surface area contributed by atoms with Gasteiger partial charge in [0.05, 0.1) is 32.8 Å². The van der Waals surface area contributed by atoms with E-state index in [1.54, 1.807) is 14.2 Å². The second kappa shape index (κ2) is 24.2. The van der Waals surface area contributed by atoms with Gasteiger partial charge in [-0.2, -0.15) is 0 Å². The van der Waals surface area contributed by atoms with Crippen molar-refractivity contribution in [1.29, 1.82) is 0 Å². The number of ketones is 2. The third kappa shape index (κ3) is 13.8. The molecule has 0 saturated heterocycles. The lowest BCUT2D eigenvalue weighted by molar-refractivity contribution is -0.141. The Kier molecular flexibility index (Phi) is 19.1. The van der Waals surface area contributed by atoms with Crippen molar-refractivity contribution in [1.82, 2.24) is 9.80 Å². The molecule has 0 atom stereocenters. The van der Waals surface area contributed by atoms with Crippen LogP contribution in [0.25, 0.3) is 0 Å². The van der Waals surface area contributed by atoms with Gasteiger partial charge in [-0.1, -0.05) is 100 Å². The SMILES string of the molecule is CCN(CC)CCCOc1ccc(CCC(=O)C(Cc2ccccc2)(Cc2ccccc2)C(=O)CCc2ccc(OCCCN(CC)CC)c(OC)c2)cc1OC. The molecule has 4 rings (SSSR count). The maximum Gasteiger partial charge on any atom is 0.161 e. The standard InChI is InChI=1S/C49H66N2O6/c1-7-50(8-2)31-17-33-56-43-27-23-39(35-45(43)54-5)25-29-47(52)49(37-41-19-13-11-14-20-41,38-42-21-15-12-16-22-42)48(53)30-26-40-24-28-44(46(36-40)55-6)57-34-18-32-51(9-3)10-4/h11-16,19-24,27-28,35-36H,7-10,17-18,25-26,29-34,37-38H2,1-6H3. The molecule has 57 heavy (non-hydrogen) atoms. The third-order valence-electron chi connectivity index (χ3n) is 11.0. The van der Waals surface area contributed by atoms with Crippen molar-refractivity contribution >= 4 is 11.6 Å². The summed E-state index contributed by atoms with van der Waals surface area (Å²) in [5.74, 6) is 2.56. The predicted molar refractivity (Wildman–Crippen MR) is 231 cm³/mol. The zero-order chi connectivity index (χ0) is 40.9. The first kappa shape index (κ1) is 45.0. The van der Waals surface area contributed by atoms with Gasteiger partial charge in [-0.05, 0) is 111 Å². The van der Waals surface area contributed by atoms with Gasteiger partial charge in [0.25, 0.3) is 0 Å². The van der Waals surface area contributed by atoms with E-state index in [-0.39, 0.29) is 24.4 Å². The summed E-state index contributed by atoms with van der Waals surface area (Å²) in [5, 5.41) is 0. The maximum absolute atomic E-state index is 14.8. The smallest absolute Gasteiger partial charge is 0.161 e. The monoisotopic (exact) mass is 778 g/mol. The molecule has 8 heteroatoms. The van der Waals surface area contributed by atoms with Crippen LogP contribution in [0.4, 0.5) is 0 Å². The molecule has 0 unspecified atom stereocenters. The van der Waals surface area contributed by atoms with E-state index in [1.807, 2.05) is 97.1 Å². The zero-order valence-corrected chi connectivity index (χ0v) is 35.4. The van der Waals surface area contributed by atoms with Crippen LogP contribution in [0.3, 0.4) is 0 Å². The Morgan fingerprint density at radius 3 is 1.25 bits per heavy atom. The van der Waals surface area contributed by atoms with Gasteiger partial charge in [0.2, 0.25) is 0 Å². The van der Waals surface area contributed by atoms with Crippen LogP contribution >= 0.6 is 0 Å². The molecule has 8 nitrogen and oxygen atoms in total. The Morgan fingerprint density at radius 2 is 0.895 bits per heavy atom. The molecule has 0 aliphatic carbocycles. The Bertz CT molecular complexity index is 1640. The fraction of sp³-hybridized carbons (Fsp3) is 0.469. The van der Waals surface area contributed by atoms with Crippen molar-refractivity contribution < 1.29 is 28.5 Å². The number of aryl methyl sites for hydroxylation is 2. The van der Waals surface area contributed by atoms with Crippen LogP contribution in [0, 0.1) is 5.41 Å². The Morgan fingerprint density at radius 1 is 0.509 bits per heavy atom. The molecule has 0 N–H and O–H groups in total. The Labute approximate surface area is 342 Å². The van der Waals surface area contributed by atoms with E-state index in [2.05, 4.69) is 37.5 Å². The van der Waals surface area contributed by atoms with Crippen molar-refractivity contribution in [2.45, 2.75) is 79.1 Å². The van der Waals surface area contributed by atoms with Crippen LogP contribution in [0.5, 0.6) is 23.0 Å². The molecule has 0 radical (unpaired) electrons. The summed E-state index contributed by atoms with van der Waals surface area (Å²) in [7, 11) is 3.28. The van der Waals surface area contributed by atoms with Crippen LogP contribution in [0.2, 0.25) is 0 Å². The van der Waals surface area contributed by atoms with Crippen LogP contribution in [0.1, 0.15) is 75.6 Å². The molecule has 0 aromatic heterocycles. The summed E-state index contributed by atoms with van der Waals surface area (Å²) in [5.41, 5.74) is 2.59. The fourth-order valence-corrected chi connectivity index (χ4v) is 7.49. The molecule has 4 aromatic carbocycles. The highest BCUT2D eigenvalue weighted by Crippen LogP contribution is 2.36. The summed E-state index contributed by atoms with van der Waals surface area (Å²) in [4.78, 5) is 34.4. The molecule has 0 aliphatic rings. The van der Waals surface area contributed by atoms with E-state index in [0.717, 1.165) is 74.4 Å². The molecule has 0 spiro atoms. The lowest BCUT2D eigenvalue weighted by Gasteiger charge is -2.32. The van der Waals surface area contributed by atoms with E-state index in [4.69, 9.17) is 18.9 Å². The van der Waals surface area contributed by atoms with E-state index in [0.29, 0.717) is 61.9 Å². The highest BCUT2D eigenvalue weighted by Gasteiger charge is 2.44. The van der Waals surface area contributed by atoms with Crippen molar-refractivity contribution in [3.05, 3.63) is 119 Å². The highest BCUT2D eigenvalue weighted by molar-refractivity contribution is 6.07. The van der Waals surface area contributed by atoms with E-state index < -0.39 is 5.41 Å². The highest BCUT2D eigenvalue weighted by atomic mass is 16.5. The lowest BCUT2D eigenvalue weighted by atomic mass is 9.68. The fourth-order valence-electron chi connectivity index (χ4n) is 7.49. The minimum absolute atomic E-state index is 0.0538. The van der Waals surface area contributed by atoms with Crippen LogP contribution in [0.15, 0.2) is 97.1 Å². The average molecular weight is 779 g/mol. The van der Waals surface area contributed by atoms with Crippen molar-refractivity contribution in [3.8, 4) is 23.0 Å². The number of ether oxygens (including phenoxy) is 4. The van der Waals surface area contributed by atoms with Gasteiger partial charge in [0.1, 0.15) is 11.6 Å². The van der Waals surface area contributed by atoms with Crippen molar-refractivity contribution in [3.63, 3.8) is 0 Å². The number of rotatable bonds is 28. The first-order chi connectivity index (χ1) is 27.8. The van der Waals surface area contributed by atoms with Gasteiger partial charge in [-0.25, -0.2) is 0 Å². The lowest BCUT2D eigenvalue weighted by Crippen LogP contribution is -2.44. The summed E-state index contributed by atoms with van der Waals surface area (Å²) in [6, 6.07) is 31.6. The first-order valence-electron chi connectivity index (χ1n) is 21.0. The number of hydrogen-bond donors (Lipinski definition) is 0. The molecule has 0 heterocycles. The second-order valence-electron chi connectivity index (χ2n) is 14.7. The number of carbonyl (C=O) groups is 2. The molecule has 0 saturated carbocycles. The predicted octanol–water partition coefficient (Wildman–Crippen LogP) is 9.10. The Balaban J connectivity index is 1.54. The molecule has 0 aliphatic heterocycles. The molecule has 0 bridgehead atoms. The third-order valence-corrected chi connectivity index (χ3v) is 11.0. The topological polar surface area (TPSA) is 77.5 Å². The zero-order valence-electron chi connectivity index (χ0n) is 35.4. The van der Waals surface area contributed by atoms with Crippen LogP contribution in [-0.2, 0) is 35.3 Å². The van der Waals surface area contributed by atoms with Crippen molar-refractivity contribution in [2.75, 3.05) is 66.7 Å². The largest absolute Gasteiger partial charge is 0.493 e. The summed E-state index contributed by atoms with van der Waals surface area (Å²) < 4.78 is 23.7. The van der Waals surface area contributed by atoms with Crippen LogP contribution in [-0.4, -0.2) is 88.1 Å².